The Labute approximate surface area is 164 Å². The molecule has 0 radical (unpaired) electrons. The van der Waals surface area contributed by atoms with Crippen LogP contribution in [-0.4, -0.2) is 50.4 Å². The summed E-state index contributed by atoms with van der Waals surface area (Å²) in [6, 6.07) is 10.1. The van der Waals surface area contributed by atoms with Gasteiger partial charge in [0.05, 0.1) is 9.82 Å². The van der Waals surface area contributed by atoms with E-state index in [9.17, 15) is 18.5 Å². The Hall–Kier alpha value is -2.65. The second-order valence-corrected chi connectivity index (χ2v) is 9.04. The van der Waals surface area contributed by atoms with Crippen molar-refractivity contribution in [1.82, 2.24) is 4.31 Å². The van der Waals surface area contributed by atoms with E-state index < -0.39 is 10.0 Å². The number of nitrogens with one attached hydrogen (secondary N) is 1. The third kappa shape index (κ3) is 3.20. The van der Waals surface area contributed by atoms with Gasteiger partial charge in [-0.1, -0.05) is 17.7 Å². The number of aryl methyl sites for hydroxylation is 1. The maximum Gasteiger partial charge on any atom is 0.292 e. The quantitative estimate of drug-likeness (QED) is 0.623. The van der Waals surface area contributed by atoms with Crippen LogP contribution >= 0.6 is 0 Å². The Morgan fingerprint density at radius 3 is 2.36 bits per heavy atom. The number of rotatable bonds is 4. The molecule has 2 aromatic rings. The first-order valence-corrected chi connectivity index (χ1v) is 10.7. The molecule has 0 bridgehead atoms. The van der Waals surface area contributed by atoms with Crippen LogP contribution < -0.4 is 10.2 Å². The molecule has 0 saturated carbocycles. The lowest BCUT2D eigenvalue weighted by Gasteiger charge is -2.35. The van der Waals surface area contributed by atoms with E-state index in [1.54, 1.807) is 30.3 Å². The molecule has 0 aliphatic carbocycles. The van der Waals surface area contributed by atoms with Crippen LogP contribution in [0.15, 0.2) is 41.3 Å². The number of benzene rings is 2. The zero-order chi connectivity index (χ0) is 19.9. The van der Waals surface area contributed by atoms with E-state index in [-0.39, 0.29) is 15.5 Å². The molecule has 28 heavy (non-hydrogen) atoms. The Kier molecular flexibility index (Phi) is 4.72. The highest BCUT2D eigenvalue weighted by molar-refractivity contribution is 7.89. The summed E-state index contributed by atoms with van der Waals surface area (Å²) in [7, 11) is -3.56. The van der Waals surface area contributed by atoms with Crippen LogP contribution in [0.4, 0.5) is 17.1 Å². The molecule has 2 aromatic carbocycles. The zero-order valence-electron chi connectivity index (χ0n) is 15.6. The van der Waals surface area contributed by atoms with E-state index in [1.165, 1.54) is 10.4 Å². The van der Waals surface area contributed by atoms with Gasteiger partial charge in [-0.05, 0) is 31.5 Å². The molecule has 0 unspecified atom stereocenters. The third-order valence-corrected chi connectivity index (χ3v) is 7.28. The summed E-state index contributed by atoms with van der Waals surface area (Å²) in [4.78, 5) is 13.4. The van der Waals surface area contributed by atoms with Crippen LogP contribution in [0.3, 0.4) is 0 Å². The average molecular weight is 402 g/mol. The van der Waals surface area contributed by atoms with Crippen molar-refractivity contribution in [2.24, 2.45) is 0 Å². The molecule has 2 aliphatic heterocycles. The lowest BCUT2D eigenvalue weighted by Crippen LogP contribution is -2.49. The lowest BCUT2D eigenvalue weighted by molar-refractivity contribution is -0.384. The van der Waals surface area contributed by atoms with E-state index in [0.29, 0.717) is 31.9 Å². The number of nitro benzene ring substituents is 1. The van der Waals surface area contributed by atoms with Gasteiger partial charge in [-0.3, -0.25) is 10.1 Å². The van der Waals surface area contributed by atoms with Gasteiger partial charge in [0.15, 0.2) is 0 Å². The minimum absolute atomic E-state index is 0.0808. The second-order valence-electron chi connectivity index (χ2n) is 7.10. The Morgan fingerprint density at radius 1 is 1.04 bits per heavy atom. The first kappa shape index (κ1) is 18.7. The van der Waals surface area contributed by atoms with Gasteiger partial charge in [0.2, 0.25) is 10.0 Å². The predicted octanol–water partition coefficient (Wildman–Crippen LogP) is 2.38. The fourth-order valence-electron chi connectivity index (χ4n) is 3.88. The van der Waals surface area contributed by atoms with Gasteiger partial charge in [-0.15, -0.1) is 0 Å². The molecule has 1 N–H and O–H groups in total. The van der Waals surface area contributed by atoms with Gasteiger partial charge in [-0.2, -0.15) is 4.31 Å². The summed E-state index contributed by atoms with van der Waals surface area (Å²) in [6.45, 7) is 4.10. The molecule has 9 heteroatoms. The molecule has 1 saturated heterocycles. The maximum atomic E-state index is 12.9. The molecule has 4 rings (SSSR count). The summed E-state index contributed by atoms with van der Waals surface area (Å²) >= 11 is 0. The molecule has 2 aliphatic rings. The van der Waals surface area contributed by atoms with E-state index in [2.05, 4.69) is 5.32 Å². The number of sulfonamides is 1. The average Bonchev–Trinajstić information content (AvgIpc) is 3.16. The SMILES string of the molecule is Cc1ccc(S(=O)(=O)N2CCN(c3c([N+](=O)[O-])ccc4c3CCN4)CC2)cc1. The van der Waals surface area contributed by atoms with Crippen molar-refractivity contribution in [2.45, 2.75) is 18.2 Å². The van der Waals surface area contributed by atoms with Crippen molar-refractivity contribution < 1.29 is 13.3 Å². The van der Waals surface area contributed by atoms with Crippen LogP contribution in [0.25, 0.3) is 0 Å². The molecule has 0 spiro atoms. The van der Waals surface area contributed by atoms with Gasteiger partial charge in [0.25, 0.3) is 5.69 Å². The predicted molar refractivity (Wildman–Crippen MR) is 107 cm³/mol. The van der Waals surface area contributed by atoms with Gasteiger partial charge in [0, 0.05) is 50.0 Å². The molecular weight excluding hydrogens is 380 g/mol. The van der Waals surface area contributed by atoms with Gasteiger partial charge in [-0.25, -0.2) is 8.42 Å². The van der Waals surface area contributed by atoms with Crippen molar-refractivity contribution in [1.29, 1.82) is 0 Å². The minimum atomic E-state index is -3.56. The summed E-state index contributed by atoms with van der Waals surface area (Å²) < 4.78 is 27.2. The topological polar surface area (TPSA) is 95.8 Å². The third-order valence-electron chi connectivity index (χ3n) is 5.36. The Bertz CT molecular complexity index is 1010. The molecule has 148 valence electrons. The van der Waals surface area contributed by atoms with Gasteiger partial charge in [0.1, 0.15) is 5.69 Å². The van der Waals surface area contributed by atoms with Crippen molar-refractivity contribution in [3.8, 4) is 0 Å². The smallest absolute Gasteiger partial charge is 0.292 e. The van der Waals surface area contributed by atoms with E-state index in [4.69, 9.17) is 0 Å². The molecule has 1 fully saturated rings. The van der Waals surface area contributed by atoms with Crippen LogP contribution in [0.5, 0.6) is 0 Å². The van der Waals surface area contributed by atoms with Crippen molar-refractivity contribution >= 4 is 27.1 Å². The molecular formula is C19H22N4O4S. The minimum Gasteiger partial charge on any atom is -0.384 e. The van der Waals surface area contributed by atoms with Crippen LogP contribution in [-0.2, 0) is 16.4 Å². The highest BCUT2D eigenvalue weighted by Gasteiger charge is 2.33. The number of anilines is 2. The summed E-state index contributed by atoms with van der Waals surface area (Å²) in [5, 5.41) is 14.8. The van der Waals surface area contributed by atoms with E-state index in [0.717, 1.165) is 29.8 Å². The largest absolute Gasteiger partial charge is 0.384 e. The summed E-state index contributed by atoms with van der Waals surface area (Å²) in [6.07, 6.45) is 0.730. The second kappa shape index (κ2) is 7.06. The van der Waals surface area contributed by atoms with Crippen molar-refractivity contribution in [2.75, 3.05) is 42.9 Å². The highest BCUT2D eigenvalue weighted by atomic mass is 32.2. The van der Waals surface area contributed by atoms with Crippen molar-refractivity contribution in [3.05, 3.63) is 57.6 Å². The Balaban J connectivity index is 1.58. The van der Waals surface area contributed by atoms with E-state index in [1.807, 2.05) is 11.8 Å². The summed E-state index contributed by atoms with van der Waals surface area (Å²) in [5.74, 6) is 0. The first-order chi connectivity index (χ1) is 13.4. The molecule has 0 atom stereocenters. The van der Waals surface area contributed by atoms with Crippen LogP contribution in [0, 0.1) is 17.0 Å². The van der Waals surface area contributed by atoms with Gasteiger partial charge < -0.3 is 10.2 Å². The standard InChI is InChI=1S/C19H22N4O4S/c1-14-2-4-15(5-3-14)28(26,27)22-12-10-21(11-13-22)19-16-8-9-20-17(16)6-7-18(19)23(24)25/h2-7,20H,8-13H2,1H3. The molecule has 0 aromatic heterocycles. The molecule has 8 nitrogen and oxygen atoms in total. The fourth-order valence-corrected chi connectivity index (χ4v) is 5.30. The first-order valence-electron chi connectivity index (χ1n) is 9.24. The lowest BCUT2D eigenvalue weighted by atomic mass is 10.1. The zero-order valence-corrected chi connectivity index (χ0v) is 16.4. The number of hydrogen-bond donors (Lipinski definition) is 1. The highest BCUT2D eigenvalue weighted by Crippen LogP contribution is 2.40. The van der Waals surface area contributed by atoms with Crippen molar-refractivity contribution in [3.63, 3.8) is 0 Å². The van der Waals surface area contributed by atoms with Crippen LogP contribution in [0.2, 0.25) is 0 Å². The number of piperazine rings is 1. The normalized spacial score (nSPS) is 17.2. The van der Waals surface area contributed by atoms with Gasteiger partial charge >= 0.3 is 0 Å². The number of nitro groups is 1. The maximum absolute atomic E-state index is 12.9. The van der Waals surface area contributed by atoms with E-state index >= 15 is 0 Å². The van der Waals surface area contributed by atoms with Crippen LogP contribution in [0.1, 0.15) is 11.1 Å². The number of nitrogens with zero attached hydrogens (tertiary/aromatic N) is 3. The monoisotopic (exact) mass is 402 g/mol. The summed E-state index contributed by atoms with van der Waals surface area (Å²) in [5.41, 5.74) is 3.58. The fraction of sp³-hybridized carbons (Fsp3) is 0.368. The molecule has 2 heterocycles. The molecule has 0 amide bonds. The number of fused-ring (bicyclic) bond motifs is 1. The number of hydrogen-bond acceptors (Lipinski definition) is 6. The Morgan fingerprint density at radius 2 is 1.71 bits per heavy atom.